The van der Waals surface area contributed by atoms with E-state index in [1.54, 1.807) is 35.2 Å². The number of carboxylic acid groups (broad SMARTS) is 1. The fourth-order valence-corrected chi connectivity index (χ4v) is 3.17. The number of benzene rings is 2. The number of aromatic carboxylic acids is 1. The number of fused-ring (bicyclic) bond motifs is 1. The molecule has 0 aliphatic carbocycles. The van der Waals surface area contributed by atoms with Crippen molar-refractivity contribution in [2.24, 2.45) is 0 Å². The van der Waals surface area contributed by atoms with Crippen LogP contribution in [0.25, 0.3) is 28.0 Å². The van der Waals surface area contributed by atoms with Crippen LogP contribution in [0, 0.1) is 6.92 Å². The van der Waals surface area contributed by atoms with Crippen molar-refractivity contribution in [3.8, 4) is 17.1 Å². The summed E-state index contributed by atoms with van der Waals surface area (Å²) in [5.41, 5.74) is 3.63. The van der Waals surface area contributed by atoms with E-state index in [4.69, 9.17) is 11.6 Å². The molecule has 0 aliphatic heterocycles. The molecule has 0 fully saturated rings. The zero-order valence-electron chi connectivity index (χ0n) is 13.8. The quantitative estimate of drug-likeness (QED) is 0.570. The van der Waals surface area contributed by atoms with E-state index in [-0.39, 0.29) is 5.56 Å². The molecular weight excluding hydrogens is 350 g/mol. The first-order valence-electron chi connectivity index (χ1n) is 7.97. The molecule has 2 aromatic heterocycles. The van der Waals surface area contributed by atoms with Gasteiger partial charge in [-0.2, -0.15) is 0 Å². The van der Waals surface area contributed by atoms with Gasteiger partial charge in [-0.15, -0.1) is 0 Å². The highest BCUT2D eigenvalue weighted by molar-refractivity contribution is 6.33. The highest BCUT2D eigenvalue weighted by atomic mass is 35.5. The van der Waals surface area contributed by atoms with E-state index < -0.39 is 5.97 Å². The van der Waals surface area contributed by atoms with Crippen LogP contribution in [0.3, 0.4) is 0 Å². The van der Waals surface area contributed by atoms with Crippen molar-refractivity contribution >= 4 is 28.5 Å². The normalized spacial score (nSPS) is 11.0. The minimum atomic E-state index is -0.983. The zero-order valence-corrected chi connectivity index (χ0v) is 14.6. The molecule has 0 amide bonds. The summed E-state index contributed by atoms with van der Waals surface area (Å²) < 4.78 is 1.79. The molecule has 2 heterocycles. The third-order valence-corrected chi connectivity index (χ3v) is 4.53. The largest absolute Gasteiger partial charge is 0.478 e. The Kier molecular flexibility index (Phi) is 3.93. The lowest BCUT2D eigenvalue weighted by Gasteiger charge is -2.04. The van der Waals surface area contributed by atoms with Gasteiger partial charge in [-0.05, 0) is 30.7 Å². The van der Waals surface area contributed by atoms with Gasteiger partial charge in [-0.3, -0.25) is 4.57 Å². The van der Waals surface area contributed by atoms with Crippen molar-refractivity contribution in [2.75, 3.05) is 0 Å². The molecule has 5 nitrogen and oxygen atoms in total. The van der Waals surface area contributed by atoms with Crippen molar-refractivity contribution in [3.63, 3.8) is 0 Å². The Balaban J connectivity index is 2.04. The van der Waals surface area contributed by atoms with Gasteiger partial charge in [0.25, 0.3) is 0 Å². The van der Waals surface area contributed by atoms with Gasteiger partial charge in [0.1, 0.15) is 0 Å². The van der Waals surface area contributed by atoms with Crippen molar-refractivity contribution in [3.05, 3.63) is 77.2 Å². The molecule has 0 saturated heterocycles. The minimum absolute atomic E-state index is 0.203. The van der Waals surface area contributed by atoms with Crippen LogP contribution >= 0.6 is 11.6 Å². The summed E-state index contributed by atoms with van der Waals surface area (Å²) >= 11 is 6.38. The fourth-order valence-electron chi connectivity index (χ4n) is 2.93. The summed E-state index contributed by atoms with van der Waals surface area (Å²) in [6.07, 6.45) is 5.34. The Morgan fingerprint density at radius 3 is 2.50 bits per heavy atom. The smallest absolute Gasteiger partial charge is 0.335 e. The van der Waals surface area contributed by atoms with Crippen LogP contribution in [-0.4, -0.2) is 25.6 Å². The van der Waals surface area contributed by atoms with Crippen LogP contribution in [0.2, 0.25) is 5.02 Å². The topological polar surface area (TPSA) is 68.0 Å². The maximum absolute atomic E-state index is 11.4. The molecule has 128 valence electrons. The number of carboxylic acids is 1. The van der Waals surface area contributed by atoms with Crippen LogP contribution in [0.5, 0.6) is 0 Å². The summed E-state index contributed by atoms with van der Waals surface area (Å²) in [6.45, 7) is 1.91. The van der Waals surface area contributed by atoms with Gasteiger partial charge < -0.3 is 5.11 Å². The fraction of sp³-hybridized carbons (Fsp3) is 0.0500. The first-order chi connectivity index (χ1) is 12.5. The lowest BCUT2D eigenvalue weighted by molar-refractivity contribution is 0.0697. The number of rotatable bonds is 3. The predicted molar refractivity (Wildman–Crippen MR) is 101 cm³/mol. The maximum Gasteiger partial charge on any atom is 0.335 e. The average molecular weight is 364 g/mol. The summed E-state index contributed by atoms with van der Waals surface area (Å²) in [4.78, 5) is 20.2. The standard InChI is InChI=1S/C20H14ClN3O2/c1-12-9-22-20(23-10-12)24-11-16(14-4-2-3-5-17(14)21)15-7-6-13(19(25)26)8-18(15)24/h2-11H,1H3,(H,25,26). The average Bonchev–Trinajstić information content (AvgIpc) is 3.01. The van der Waals surface area contributed by atoms with Crippen molar-refractivity contribution in [2.45, 2.75) is 6.92 Å². The van der Waals surface area contributed by atoms with Crippen molar-refractivity contribution in [1.29, 1.82) is 0 Å². The second kappa shape index (κ2) is 6.28. The van der Waals surface area contributed by atoms with E-state index in [1.165, 1.54) is 0 Å². The molecule has 4 rings (SSSR count). The highest BCUT2D eigenvalue weighted by Gasteiger charge is 2.16. The molecule has 26 heavy (non-hydrogen) atoms. The Morgan fingerprint density at radius 1 is 1.08 bits per heavy atom. The number of hydrogen-bond donors (Lipinski definition) is 1. The summed E-state index contributed by atoms with van der Waals surface area (Å²) in [5.74, 6) is -0.509. The van der Waals surface area contributed by atoms with Crippen LogP contribution in [0.15, 0.2) is 61.1 Å². The van der Waals surface area contributed by atoms with Crippen LogP contribution in [0.4, 0.5) is 0 Å². The van der Waals surface area contributed by atoms with E-state index in [0.29, 0.717) is 16.5 Å². The second-order valence-corrected chi connectivity index (χ2v) is 6.40. The third kappa shape index (κ3) is 2.72. The number of carbonyl (C=O) groups is 1. The molecule has 4 aromatic rings. The number of aromatic nitrogens is 3. The Hall–Kier alpha value is -3.18. The summed E-state index contributed by atoms with van der Waals surface area (Å²) in [5, 5.41) is 10.9. The number of nitrogens with zero attached hydrogens (tertiary/aromatic N) is 3. The van der Waals surface area contributed by atoms with E-state index in [0.717, 1.165) is 22.1 Å². The number of halogens is 1. The van der Waals surface area contributed by atoms with Crippen molar-refractivity contribution in [1.82, 2.24) is 14.5 Å². The maximum atomic E-state index is 11.4. The molecule has 0 unspecified atom stereocenters. The van der Waals surface area contributed by atoms with Gasteiger partial charge in [0.15, 0.2) is 0 Å². The summed E-state index contributed by atoms with van der Waals surface area (Å²) in [7, 11) is 0. The van der Waals surface area contributed by atoms with Crippen LogP contribution < -0.4 is 0 Å². The molecule has 0 spiro atoms. The molecule has 0 atom stereocenters. The Labute approximate surface area is 154 Å². The van der Waals surface area contributed by atoms with E-state index in [9.17, 15) is 9.90 Å². The third-order valence-electron chi connectivity index (χ3n) is 4.20. The predicted octanol–water partition coefficient (Wildman–Crippen LogP) is 4.75. The second-order valence-electron chi connectivity index (χ2n) is 5.99. The first kappa shape index (κ1) is 16.3. The van der Waals surface area contributed by atoms with Gasteiger partial charge in [0.2, 0.25) is 5.95 Å². The molecule has 1 N–H and O–H groups in total. The number of aryl methyl sites for hydroxylation is 1. The number of hydrogen-bond acceptors (Lipinski definition) is 3. The van der Waals surface area contributed by atoms with E-state index in [1.807, 2.05) is 37.4 Å². The highest BCUT2D eigenvalue weighted by Crippen LogP contribution is 2.36. The van der Waals surface area contributed by atoms with Gasteiger partial charge in [-0.1, -0.05) is 35.9 Å². The van der Waals surface area contributed by atoms with Gasteiger partial charge in [0, 0.05) is 40.1 Å². The molecule has 6 heteroatoms. The summed E-state index contributed by atoms with van der Waals surface area (Å²) in [6, 6.07) is 12.6. The molecule has 0 saturated carbocycles. The monoisotopic (exact) mass is 363 g/mol. The Bertz CT molecular complexity index is 1130. The SMILES string of the molecule is Cc1cnc(-n2cc(-c3ccccc3Cl)c3ccc(C(=O)O)cc32)nc1. The minimum Gasteiger partial charge on any atom is -0.478 e. The molecule has 2 aromatic carbocycles. The molecule has 0 bridgehead atoms. The van der Waals surface area contributed by atoms with E-state index >= 15 is 0 Å². The van der Waals surface area contributed by atoms with Gasteiger partial charge in [0.05, 0.1) is 11.1 Å². The van der Waals surface area contributed by atoms with Gasteiger partial charge >= 0.3 is 5.97 Å². The molecule has 0 aliphatic rings. The molecular formula is C20H14ClN3O2. The molecule has 0 radical (unpaired) electrons. The van der Waals surface area contributed by atoms with Gasteiger partial charge in [-0.25, -0.2) is 14.8 Å². The lowest BCUT2D eigenvalue weighted by Crippen LogP contribution is -2.01. The Morgan fingerprint density at radius 2 is 1.81 bits per heavy atom. The van der Waals surface area contributed by atoms with Crippen LogP contribution in [0.1, 0.15) is 15.9 Å². The first-order valence-corrected chi connectivity index (χ1v) is 8.35. The lowest BCUT2D eigenvalue weighted by atomic mass is 10.0. The zero-order chi connectivity index (χ0) is 18.3. The van der Waals surface area contributed by atoms with Crippen LogP contribution in [-0.2, 0) is 0 Å². The van der Waals surface area contributed by atoms with E-state index in [2.05, 4.69) is 9.97 Å². The van der Waals surface area contributed by atoms with Crippen molar-refractivity contribution < 1.29 is 9.90 Å².